The van der Waals surface area contributed by atoms with Crippen molar-refractivity contribution in [2.45, 2.75) is 12.8 Å². The van der Waals surface area contributed by atoms with Gasteiger partial charge >= 0.3 is 6.03 Å². The van der Waals surface area contributed by atoms with Crippen molar-refractivity contribution >= 4 is 6.03 Å². The van der Waals surface area contributed by atoms with E-state index in [1.165, 1.54) is 5.56 Å². The molecule has 0 radical (unpaired) electrons. The van der Waals surface area contributed by atoms with Crippen LogP contribution in [0.1, 0.15) is 12.0 Å². The maximum Gasteiger partial charge on any atom is 0.317 e. The molecule has 0 spiro atoms. The van der Waals surface area contributed by atoms with Crippen LogP contribution in [-0.2, 0) is 6.42 Å². The fourth-order valence-electron chi connectivity index (χ4n) is 1.71. The Morgan fingerprint density at radius 3 is 2.93 bits per heavy atom. The third-order valence-corrected chi connectivity index (χ3v) is 2.59. The zero-order valence-electron chi connectivity index (χ0n) is 8.65. The first-order valence-corrected chi connectivity index (χ1v) is 5.28. The van der Waals surface area contributed by atoms with Crippen molar-refractivity contribution in [1.29, 1.82) is 0 Å². The molecule has 1 fully saturated rings. The molecule has 80 valence electrons. The molecular formula is C11H15N3O. The molecule has 1 aliphatic rings. The molecule has 15 heavy (non-hydrogen) atoms. The number of rotatable bonds is 3. The molecule has 0 aromatic carbocycles. The lowest BCUT2D eigenvalue weighted by molar-refractivity contribution is 0.187. The molecule has 0 bridgehead atoms. The lowest BCUT2D eigenvalue weighted by Gasteiger charge is -2.27. The summed E-state index contributed by atoms with van der Waals surface area (Å²) < 4.78 is 0. The van der Waals surface area contributed by atoms with E-state index in [0.29, 0.717) is 0 Å². The zero-order chi connectivity index (χ0) is 10.5. The minimum Gasteiger partial charge on any atom is -0.338 e. The van der Waals surface area contributed by atoms with Crippen LogP contribution in [-0.4, -0.2) is 35.5 Å². The highest BCUT2D eigenvalue weighted by molar-refractivity contribution is 5.74. The average molecular weight is 205 g/mol. The Labute approximate surface area is 89.3 Å². The first-order chi connectivity index (χ1) is 7.36. The molecule has 0 unspecified atom stereocenters. The summed E-state index contributed by atoms with van der Waals surface area (Å²) in [7, 11) is 0. The lowest BCUT2D eigenvalue weighted by atomic mass is 10.2. The normalized spacial score (nSPS) is 16.3. The molecular weight excluding hydrogens is 190 g/mol. The molecule has 2 rings (SSSR count). The van der Waals surface area contributed by atoms with Crippen LogP contribution in [0.25, 0.3) is 0 Å². The van der Waals surface area contributed by atoms with Gasteiger partial charge in [-0.05, 0) is 30.5 Å². The van der Waals surface area contributed by atoms with Crippen molar-refractivity contribution in [1.82, 2.24) is 15.2 Å². The van der Waals surface area contributed by atoms with Gasteiger partial charge in [0.1, 0.15) is 0 Å². The van der Waals surface area contributed by atoms with Crippen molar-refractivity contribution in [3.05, 3.63) is 30.1 Å². The minimum absolute atomic E-state index is 0.0651. The summed E-state index contributed by atoms with van der Waals surface area (Å²) in [6, 6.07) is 4.04. The fourth-order valence-corrected chi connectivity index (χ4v) is 1.71. The quantitative estimate of drug-likeness (QED) is 0.801. The summed E-state index contributed by atoms with van der Waals surface area (Å²) >= 11 is 0. The molecule has 1 aliphatic heterocycles. The Morgan fingerprint density at radius 2 is 2.20 bits per heavy atom. The molecule has 1 aromatic rings. The van der Waals surface area contributed by atoms with Gasteiger partial charge in [-0.25, -0.2) is 4.79 Å². The van der Waals surface area contributed by atoms with E-state index in [-0.39, 0.29) is 6.03 Å². The van der Waals surface area contributed by atoms with Gasteiger partial charge in [0.2, 0.25) is 0 Å². The molecule has 2 amide bonds. The number of hydrogen-bond donors (Lipinski definition) is 1. The first kappa shape index (κ1) is 9.96. The summed E-state index contributed by atoms with van der Waals surface area (Å²) in [5, 5.41) is 2.84. The van der Waals surface area contributed by atoms with E-state index in [4.69, 9.17) is 0 Å². The molecule has 0 atom stereocenters. The van der Waals surface area contributed by atoms with Gasteiger partial charge < -0.3 is 10.2 Å². The molecule has 4 nitrogen and oxygen atoms in total. The van der Waals surface area contributed by atoms with Crippen molar-refractivity contribution < 1.29 is 4.79 Å². The van der Waals surface area contributed by atoms with Crippen LogP contribution in [0.4, 0.5) is 4.79 Å². The van der Waals surface area contributed by atoms with Crippen molar-refractivity contribution in [3.63, 3.8) is 0 Å². The van der Waals surface area contributed by atoms with Crippen LogP contribution in [0.3, 0.4) is 0 Å². The van der Waals surface area contributed by atoms with E-state index in [1.54, 1.807) is 12.4 Å². The topological polar surface area (TPSA) is 45.2 Å². The van der Waals surface area contributed by atoms with Crippen LogP contribution in [0.2, 0.25) is 0 Å². The Morgan fingerprint density at radius 1 is 1.40 bits per heavy atom. The molecule has 2 heterocycles. The van der Waals surface area contributed by atoms with Crippen LogP contribution < -0.4 is 5.32 Å². The van der Waals surface area contributed by atoms with Crippen LogP contribution >= 0.6 is 0 Å². The van der Waals surface area contributed by atoms with Gasteiger partial charge in [0.15, 0.2) is 0 Å². The predicted molar refractivity (Wildman–Crippen MR) is 57.5 cm³/mol. The van der Waals surface area contributed by atoms with Crippen LogP contribution in [0.15, 0.2) is 24.5 Å². The average Bonchev–Trinajstić information content (AvgIpc) is 2.29. The summed E-state index contributed by atoms with van der Waals surface area (Å²) in [5.41, 5.74) is 1.23. The van der Waals surface area contributed by atoms with Gasteiger partial charge in [-0.3, -0.25) is 4.98 Å². The van der Waals surface area contributed by atoms with E-state index in [9.17, 15) is 4.79 Å². The first-order valence-electron chi connectivity index (χ1n) is 5.28. The van der Waals surface area contributed by atoms with Gasteiger partial charge in [0.25, 0.3) is 0 Å². The largest absolute Gasteiger partial charge is 0.338 e. The maximum absolute atomic E-state index is 11.4. The number of aromatic nitrogens is 1. The van der Waals surface area contributed by atoms with E-state index in [1.807, 2.05) is 17.0 Å². The molecule has 0 aliphatic carbocycles. The number of carbonyl (C=O) groups excluding carboxylic acids is 1. The van der Waals surface area contributed by atoms with Gasteiger partial charge in [-0.15, -0.1) is 0 Å². The van der Waals surface area contributed by atoms with E-state index < -0.39 is 0 Å². The highest BCUT2D eigenvalue weighted by atomic mass is 16.2. The van der Waals surface area contributed by atoms with Gasteiger partial charge in [0, 0.05) is 32.0 Å². The summed E-state index contributed by atoms with van der Waals surface area (Å²) in [6.07, 6.45) is 5.51. The number of nitrogens with zero attached hydrogens (tertiary/aromatic N) is 2. The van der Waals surface area contributed by atoms with Gasteiger partial charge in [0.05, 0.1) is 0 Å². The lowest BCUT2D eigenvalue weighted by Crippen LogP contribution is -2.47. The smallest absolute Gasteiger partial charge is 0.317 e. The van der Waals surface area contributed by atoms with Gasteiger partial charge in [-0.2, -0.15) is 0 Å². The monoisotopic (exact) mass is 205 g/mol. The Hall–Kier alpha value is -1.58. The summed E-state index contributed by atoms with van der Waals surface area (Å²) in [4.78, 5) is 17.2. The highest BCUT2D eigenvalue weighted by Gasteiger charge is 2.16. The van der Waals surface area contributed by atoms with E-state index >= 15 is 0 Å². The SMILES string of the molecule is O=C1NCCCN1CCc1ccncc1. The van der Waals surface area contributed by atoms with Crippen molar-refractivity contribution in [3.8, 4) is 0 Å². The molecule has 1 N–H and O–H groups in total. The number of hydrogen-bond acceptors (Lipinski definition) is 2. The number of pyridine rings is 1. The maximum atomic E-state index is 11.4. The number of nitrogens with one attached hydrogen (secondary N) is 1. The second-order valence-electron chi connectivity index (χ2n) is 3.68. The third-order valence-electron chi connectivity index (χ3n) is 2.59. The van der Waals surface area contributed by atoms with Gasteiger partial charge in [-0.1, -0.05) is 0 Å². The fraction of sp³-hybridized carbons (Fsp3) is 0.455. The molecule has 4 heteroatoms. The molecule has 1 saturated heterocycles. The molecule has 1 aromatic heterocycles. The van der Waals surface area contributed by atoms with Crippen molar-refractivity contribution in [2.75, 3.05) is 19.6 Å². The van der Waals surface area contributed by atoms with Crippen molar-refractivity contribution in [2.24, 2.45) is 0 Å². The number of carbonyl (C=O) groups is 1. The standard InChI is InChI=1S/C11H15N3O/c15-11-13-5-1-8-14(11)9-4-10-2-6-12-7-3-10/h2-3,6-7H,1,4-5,8-9H2,(H,13,15). The number of urea groups is 1. The van der Waals surface area contributed by atoms with E-state index in [2.05, 4.69) is 10.3 Å². The summed E-state index contributed by atoms with van der Waals surface area (Å²) in [5.74, 6) is 0. The Kier molecular flexibility index (Phi) is 3.17. The Bertz CT molecular complexity index is 326. The number of amides is 2. The highest BCUT2D eigenvalue weighted by Crippen LogP contribution is 2.03. The van der Waals surface area contributed by atoms with E-state index in [0.717, 1.165) is 32.5 Å². The second kappa shape index (κ2) is 4.77. The predicted octanol–water partition coefficient (Wildman–Crippen LogP) is 1.04. The van der Waals surface area contributed by atoms with Crippen LogP contribution in [0, 0.1) is 0 Å². The van der Waals surface area contributed by atoms with Crippen LogP contribution in [0.5, 0.6) is 0 Å². The Balaban J connectivity index is 1.85. The third kappa shape index (κ3) is 2.68. The summed E-state index contributed by atoms with van der Waals surface area (Å²) in [6.45, 7) is 2.47. The zero-order valence-corrected chi connectivity index (χ0v) is 8.65. The second-order valence-corrected chi connectivity index (χ2v) is 3.68. The molecule has 0 saturated carbocycles. The minimum atomic E-state index is 0.0651.